The summed E-state index contributed by atoms with van der Waals surface area (Å²) < 4.78 is 38.5. The molecule has 10 heteroatoms. The lowest BCUT2D eigenvalue weighted by Gasteiger charge is -2.17. The lowest BCUT2D eigenvalue weighted by molar-refractivity contribution is -0.121. The molecule has 0 atom stereocenters. The molecule has 5 rings (SSSR count). The minimum atomic E-state index is -3.11. The van der Waals surface area contributed by atoms with Gasteiger partial charge in [-0.2, -0.15) is 8.78 Å². The molecule has 0 bridgehead atoms. The number of amides is 1. The van der Waals surface area contributed by atoms with E-state index in [1.807, 2.05) is 29.7 Å². The number of nitrogens with one attached hydrogen (secondary N) is 1. The predicted octanol–water partition coefficient (Wildman–Crippen LogP) is 5.68. The average molecular weight is 558 g/mol. The molecule has 40 heavy (non-hydrogen) atoms. The molecule has 216 valence electrons. The number of ether oxygens (including phenoxy) is 2. The van der Waals surface area contributed by atoms with E-state index >= 15 is 0 Å². The normalized spacial score (nSPS) is 15.4. The number of aromatic nitrogens is 2. The van der Waals surface area contributed by atoms with E-state index < -0.39 is 17.9 Å². The lowest BCUT2D eigenvalue weighted by Crippen LogP contribution is -2.26. The quantitative estimate of drug-likeness (QED) is 0.297. The van der Waals surface area contributed by atoms with Crippen LogP contribution in [-0.2, 0) is 10.2 Å². The summed E-state index contributed by atoms with van der Waals surface area (Å²) in [5.74, 6) is -0.366. The van der Waals surface area contributed by atoms with E-state index in [1.54, 1.807) is 12.3 Å². The summed E-state index contributed by atoms with van der Waals surface area (Å²) in [5, 5.41) is 10.7. The van der Waals surface area contributed by atoms with Crippen LogP contribution in [0.4, 0.5) is 8.78 Å². The van der Waals surface area contributed by atoms with Crippen LogP contribution in [-0.4, -0.2) is 52.6 Å². The standard InChI is InChI=1S/C27H29F2N3O4.C3H8O/c1-3-4-5-22(33)27(9-10-27)17-8-11-32-19(15-30-23(32)14-17)16-12-20(35-2)24(21(13-16)36-26(28)29)25(34)31-18-6-7-18;1-2-3-4/h8,11-15,18,26H,3-7,9-10H2,1-2H3,(H,31,34);4H,2-3H2,1H3. The molecule has 2 aliphatic rings. The van der Waals surface area contributed by atoms with Crippen molar-refractivity contribution in [3.05, 3.63) is 47.8 Å². The number of ketones is 1. The van der Waals surface area contributed by atoms with Crippen LogP contribution in [0.2, 0.25) is 0 Å². The third kappa shape index (κ3) is 6.43. The highest BCUT2D eigenvalue weighted by Crippen LogP contribution is 2.50. The third-order valence-electron chi connectivity index (χ3n) is 7.27. The van der Waals surface area contributed by atoms with Gasteiger partial charge in [0.15, 0.2) is 0 Å². The van der Waals surface area contributed by atoms with Crippen molar-refractivity contribution in [2.45, 2.75) is 83.3 Å². The number of carbonyl (C=O) groups is 2. The maximum Gasteiger partial charge on any atom is 0.387 e. The van der Waals surface area contributed by atoms with E-state index in [2.05, 4.69) is 17.2 Å². The Balaban J connectivity index is 0.000000867. The SMILES string of the molecule is CCCCC(=O)C1(c2ccn3c(-c4cc(OC)c(C(=O)NC5CC5)c(OC(F)F)c4)cnc3c2)CC1.CCCO. The van der Waals surface area contributed by atoms with Crippen molar-refractivity contribution >= 4 is 17.3 Å². The zero-order valence-electron chi connectivity index (χ0n) is 23.2. The number of methoxy groups -OCH3 is 1. The third-order valence-corrected chi connectivity index (χ3v) is 7.27. The first-order chi connectivity index (χ1) is 19.3. The summed E-state index contributed by atoms with van der Waals surface area (Å²) in [7, 11) is 1.38. The van der Waals surface area contributed by atoms with Gasteiger partial charge in [-0.25, -0.2) is 4.98 Å². The van der Waals surface area contributed by atoms with Gasteiger partial charge < -0.3 is 19.9 Å². The molecule has 0 saturated heterocycles. The molecule has 1 aromatic carbocycles. The number of hydrogen-bond acceptors (Lipinski definition) is 6. The molecule has 2 saturated carbocycles. The van der Waals surface area contributed by atoms with E-state index in [0.29, 0.717) is 29.9 Å². The fourth-order valence-corrected chi connectivity index (χ4v) is 4.72. The monoisotopic (exact) mass is 557 g/mol. The Bertz CT molecular complexity index is 1350. The number of unbranched alkanes of at least 4 members (excludes halogenated alkanes) is 1. The first-order valence-corrected chi connectivity index (χ1v) is 13.9. The zero-order chi connectivity index (χ0) is 28.9. The highest BCUT2D eigenvalue weighted by Gasteiger charge is 2.50. The second kappa shape index (κ2) is 12.8. The number of aliphatic hydroxyl groups is 1. The topological polar surface area (TPSA) is 102 Å². The van der Waals surface area contributed by atoms with Crippen LogP contribution in [0, 0.1) is 0 Å². The molecule has 0 unspecified atom stereocenters. The van der Waals surface area contributed by atoms with Crippen molar-refractivity contribution in [1.82, 2.24) is 14.7 Å². The first kappa shape index (κ1) is 29.5. The number of carbonyl (C=O) groups excluding carboxylic acids is 2. The number of imidazole rings is 1. The Morgan fingerprint density at radius 2 is 1.88 bits per heavy atom. The molecule has 0 spiro atoms. The minimum absolute atomic E-state index is 0.0397. The number of fused-ring (bicyclic) bond motifs is 1. The van der Waals surface area contributed by atoms with Crippen LogP contribution in [0.5, 0.6) is 11.5 Å². The number of alkyl halides is 2. The molecule has 2 N–H and O–H groups in total. The molecule has 2 aliphatic carbocycles. The second-order valence-corrected chi connectivity index (χ2v) is 10.3. The van der Waals surface area contributed by atoms with Crippen molar-refractivity contribution in [3.63, 3.8) is 0 Å². The van der Waals surface area contributed by atoms with Crippen LogP contribution in [0.15, 0.2) is 36.7 Å². The van der Waals surface area contributed by atoms with E-state index in [1.165, 1.54) is 13.2 Å². The minimum Gasteiger partial charge on any atom is -0.496 e. The van der Waals surface area contributed by atoms with E-state index in [-0.39, 0.29) is 28.9 Å². The number of pyridine rings is 1. The van der Waals surface area contributed by atoms with Gasteiger partial charge in [-0.3, -0.25) is 14.0 Å². The van der Waals surface area contributed by atoms with E-state index in [9.17, 15) is 18.4 Å². The van der Waals surface area contributed by atoms with Crippen LogP contribution in [0.1, 0.15) is 81.1 Å². The van der Waals surface area contributed by atoms with Crippen molar-refractivity contribution in [3.8, 4) is 22.8 Å². The smallest absolute Gasteiger partial charge is 0.387 e. The Morgan fingerprint density at radius 3 is 2.45 bits per heavy atom. The van der Waals surface area contributed by atoms with Crippen molar-refractivity contribution < 1.29 is 33.0 Å². The highest BCUT2D eigenvalue weighted by atomic mass is 19.3. The zero-order valence-corrected chi connectivity index (χ0v) is 23.2. The van der Waals surface area contributed by atoms with Gasteiger partial charge in [0, 0.05) is 30.8 Å². The molecule has 2 aromatic heterocycles. The van der Waals surface area contributed by atoms with E-state index in [4.69, 9.17) is 14.6 Å². The Kier molecular flexibility index (Phi) is 9.40. The fraction of sp³-hybridized carbons (Fsp3) is 0.500. The highest BCUT2D eigenvalue weighted by molar-refractivity contribution is 6.01. The van der Waals surface area contributed by atoms with Crippen molar-refractivity contribution in [2.75, 3.05) is 13.7 Å². The van der Waals surface area contributed by atoms with Crippen LogP contribution < -0.4 is 14.8 Å². The van der Waals surface area contributed by atoms with Gasteiger partial charge in [0.05, 0.1) is 24.4 Å². The van der Waals surface area contributed by atoms with Gasteiger partial charge in [-0.1, -0.05) is 20.3 Å². The average Bonchev–Trinajstić information content (AvgIpc) is 3.88. The van der Waals surface area contributed by atoms with Gasteiger partial charge in [-0.15, -0.1) is 0 Å². The molecule has 1 amide bonds. The molecule has 8 nitrogen and oxygen atoms in total. The molecule has 0 aliphatic heterocycles. The lowest BCUT2D eigenvalue weighted by atomic mass is 9.89. The molecule has 2 fully saturated rings. The van der Waals surface area contributed by atoms with Crippen LogP contribution in [0.25, 0.3) is 16.9 Å². The number of aliphatic hydroxyl groups excluding tert-OH is 1. The second-order valence-electron chi connectivity index (χ2n) is 10.3. The number of benzene rings is 1. The number of Topliss-reactive ketones (excluding diaryl/α,β-unsaturated/α-hetero) is 1. The van der Waals surface area contributed by atoms with Gasteiger partial charge in [0.2, 0.25) is 0 Å². The molecule has 2 heterocycles. The Labute approximate surface area is 232 Å². The predicted molar refractivity (Wildman–Crippen MR) is 147 cm³/mol. The number of hydrogen-bond donors (Lipinski definition) is 2. The summed E-state index contributed by atoms with van der Waals surface area (Å²) in [6, 6.07) is 6.92. The van der Waals surface area contributed by atoms with Crippen LogP contribution >= 0.6 is 0 Å². The van der Waals surface area contributed by atoms with Gasteiger partial charge >= 0.3 is 6.61 Å². The molecule has 3 aromatic rings. The van der Waals surface area contributed by atoms with E-state index in [0.717, 1.165) is 50.5 Å². The van der Waals surface area contributed by atoms with Crippen molar-refractivity contribution in [2.24, 2.45) is 0 Å². The number of halogens is 2. The molecule has 0 radical (unpaired) electrons. The van der Waals surface area contributed by atoms with Crippen LogP contribution in [0.3, 0.4) is 0 Å². The Hall–Kier alpha value is -3.53. The number of nitrogens with zero attached hydrogens (tertiary/aromatic N) is 2. The maximum absolute atomic E-state index is 13.3. The summed E-state index contributed by atoms with van der Waals surface area (Å²) in [5.41, 5.74) is 2.24. The van der Waals surface area contributed by atoms with Gasteiger partial charge in [0.25, 0.3) is 5.91 Å². The maximum atomic E-state index is 13.3. The fourth-order valence-electron chi connectivity index (χ4n) is 4.72. The van der Waals surface area contributed by atoms with Gasteiger partial charge in [0.1, 0.15) is 28.5 Å². The summed E-state index contributed by atoms with van der Waals surface area (Å²) in [4.78, 5) is 30.2. The summed E-state index contributed by atoms with van der Waals surface area (Å²) in [6.45, 7) is 1.21. The first-order valence-electron chi connectivity index (χ1n) is 13.9. The van der Waals surface area contributed by atoms with Crippen molar-refractivity contribution in [1.29, 1.82) is 0 Å². The van der Waals surface area contributed by atoms with Gasteiger partial charge in [-0.05, 0) is 68.4 Å². The summed E-state index contributed by atoms with van der Waals surface area (Å²) >= 11 is 0. The molecular formula is C30H37F2N3O5. The largest absolute Gasteiger partial charge is 0.496 e. The Morgan fingerprint density at radius 1 is 1.18 bits per heavy atom. The summed E-state index contributed by atoms with van der Waals surface area (Å²) in [6.07, 6.45) is 10.2. The number of rotatable bonds is 12. The molecular weight excluding hydrogens is 520 g/mol.